The molecule has 0 unspecified atom stereocenters. The highest BCUT2D eigenvalue weighted by Crippen LogP contribution is 2.35. The van der Waals surface area contributed by atoms with Crippen molar-refractivity contribution in [2.45, 2.75) is 44.7 Å². The number of hydrogen-bond donors (Lipinski definition) is 1. The van der Waals surface area contributed by atoms with Gasteiger partial charge in [-0.25, -0.2) is 4.98 Å². The SMILES string of the molecule is COc1cccc(NC(=O)c2c3c(nc4ccccc24)C(=O)N(C2CCCCC2)C3)c1. The summed E-state index contributed by atoms with van der Waals surface area (Å²) in [4.78, 5) is 33.3. The van der Waals surface area contributed by atoms with Crippen molar-refractivity contribution in [1.29, 1.82) is 0 Å². The van der Waals surface area contributed by atoms with Crippen molar-refractivity contribution < 1.29 is 14.3 Å². The van der Waals surface area contributed by atoms with Crippen LogP contribution in [0.3, 0.4) is 0 Å². The molecule has 0 bridgehead atoms. The number of nitrogens with one attached hydrogen (secondary N) is 1. The summed E-state index contributed by atoms with van der Waals surface area (Å²) in [5.74, 6) is 0.380. The third-order valence-corrected chi connectivity index (χ3v) is 6.36. The van der Waals surface area contributed by atoms with Crippen LogP contribution in [-0.2, 0) is 6.54 Å². The number of fused-ring (bicyclic) bond motifs is 2. The Labute approximate surface area is 181 Å². The van der Waals surface area contributed by atoms with Crippen LogP contribution < -0.4 is 10.1 Å². The number of amides is 2. The molecule has 3 aromatic rings. The van der Waals surface area contributed by atoms with Gasteiger partial charge in [-0.2, -0.15) is 0 Å². The molecule has 158 valence electrons. The molecule has 1 aliphatic heterocycles. The molecule has 1 aliphatic carbocycles. The molecule has 0 saturated heterocycles. The predicted molar refractivity (Wildman–Crippen MR) is 119 cm³/mol. The van der Waals surface area contributed by atoms with Gasteiger partial charge in [-0.3, -0.25) is 9.59 Å². The smallest absolute Gasteiger partial charge is 0.273 e. The van der Waals surface area contributed by atoms with Gasteiger partial charge in [-0.15, -0.1) is 0 Å². The van der Waals surface area contributed by atoms with E-state index in [0.29, 0.717) is 34.8 Å². The van der Waals surface area contributed by atoms with Crippen LogP contribution in [0, 0.1) is 0 Å². The van der Waals surface area contributed by atoms with E-state index in [0.717, 1.165) is 36.6 Å². The van der Waals surface area contributed by atoms with Crippen LogP contribution in [-0.4, -0.2) is 34.8 Å². The van der Waals surface area contributed by atoms with Crippen LogP contribution in [0.1, 0.15) is 58.5 Å². The Hall–Kier alpha value is -3.41. The summed E-state index contributed by atoms with van der Waals surface area (Å²) in [6.07, 6.45) is 5.55. The highest BCUT2D eigenvalue weighted by molar-refractivity contribution is 6.16. The lowest BCUT2D eigenvalue weighted by Gasteiger charge is -2.30. The van der Waals surface area contributed by atoms with Gasteiger partial charge < -0.3 is 15.0 Å². The lowest BCUT2D eigenvalue weighted by atomic mass is 9.94. The van der Waals surface area contributed by atoms with Gasteiger partial charge in [-0.05, 0) is 31.0 Å². The lowest BCUT2D eigenvalue weighted by Crippen LogP contribution is -2.37. The standard InChI is InChI=1S/C25H25N3O3/c1-31-18-11-7-8-16(14-18)26-24(29)22-19-12-5-6-13-21(19)27-23-20(22)15-28(25(23)30)17-9-3-2-4-10-17/h5-8,11-14,17H,2-4,9-10,15H2,1H3,(H,26,29). The second-order valence-corrected chi connectivity index (χ2v) is 8.24. The average molecular weight is 415 g/mol. The first kappa shape index (κ1) is 19.5. The van der Waals surface area contributed by atoms with Gasteiger partial charge in [0.25, 0.3) is 11.8 Å². The highest BCUT2D eigenvalue weighted by atomic mass is 16.5. The van der Waals surface area contributed by atoms with Gasteiger partial charge >= 0.3 is 0 Å². The molecular weight excluding hydrogens is 390 g/mol. The normalized spacial score (nSPS) is 16.4. The molecule has 31 heavy (non-hydrogen) atoms. The first-order valence-electron chi connectivity index (χ1n) is 10.8. The number of rotatable bonds is 4. The van der Waals surface area contributed by atoms with Gasteiger partial charge in [0, 0.05) is 35.3 Å². The lowest BCUT2D eigenvalue weighted by molar-refractivity contribution is 0.0655. The van der Waals surface area contributed by atoms with Crippen molar-refractivity contribution in [2.75, 3.05) is 12.4 Å². The Morgan fingerprint density at radius 3 is 2.71 bits per heavy atom. The second kappa shape index (κ2) is 8.02. The fourth-order valence-electron chi connectivity index (χ4n) is 4.80. The fraction of sp³-hybridized carbons (Fsp3) is 0.320. The zero-order valence-electron chi connectivity index (χ0n) is 17.6. The van der Waals surface area contributed by atoms with Gasteiger partial charge in [0.15, 0.2) is 0 Å². The minimum Gasteiger partial charge on any atom is -0.497 e. The summed E-state index contributed by atoms with van der Waals surface area (Å²) in [6.45, 7) is 0.442. The van der Waals surface area contributed by atoms with E-state index in [-0.39, 0.29) is 17.9 Å². The molecule has 2 aromatic carbocycles. The fourth-order valence-corrected chi connectivity index (χ4v) is 4.80. The van der Waals surface area contributed by atoms with Crippen LogP contribution in [0.15, 0.2) is 48.5 Å². The van der Waals surface area contributed by atoms with Crippen molar-refractivity contribution in [1.82, 2.24) is 9.88 Å². The number of pyridine rings is 1. The zero-order chi connectivity index (χ0) is 21.4. The van der Waals surface area contributed by atoms with E-state index >= 15 is 0 Å². The molecule has 5 rings (SSSR count). The maximum Gasteiger partial charge on any atom is 0.273 e. The minimum atomic E-state index is -0.235. The molecule has 0 atom stereocenters. The molecule has 6 heteroatoms. The topological polar surface area (TPSA) is 71.5 Å². The largest absolute Gasteiger partial charge is 0.497 e. The minimum absolute atomic E-state index is 0.0527. The van der Waals surface area contributed by atoms with Crippen LogP contribution in [0.4, 0.5) is 5.69 Å². The summed E-state index contributed by atoms with van der Waals surface area (Å²) in [7, 11) is 1.59. The number of carbonyl (C=O) groups excluding carboxylic acids is 2. The number of nitrogens with zero attached hydrogens (tertiary/aromatic N) is 2. The molecule has 2 aliphatic rings. The van der Waals surface area contributed by atoms with Gasteiger partial charge in [0.2, 0.25) is 0 Å². The van der Waals surface area contributed by atoms with E-state index in [2.05, 4.69) is 10.3 Å². The quantitative estimate of drug-likeness (QED) is 0.665. The van der Waals surface area contributed by atoms with E-state index in [1.54, 1.807) is 13.2 Å². The van der Waals surface area contributed by atoms with Crippen LogP contribution in [0.5, 0.6) is 5.75 Å². The Bertz CT molecular complexity index is 1170. The van der Waals surface area contributed by atoms with E-state index in [1.807, 2.05) is 47.4 Å². The van der Waals surface area contributed by atoms with Gasteiger partial charge in [0.05, 0.1) is 18.2 Å². The van der Waals surface area contributed by atoms with Crippen molar-refractivity contribution in [3.8, 4) is 5.75 Å². The Morgan fingerprint density at radius 2 is 1.90 bits per heavy atom. The number of anilines is 1. The maximum atomic E-state index is 13.5. The first-order valence-corrected chi connectivity index (χ1v) is 10.8. The van der Waals surface area contributed by atoms with E-state index < -0.39 is 0 Å². The number of carbonyl (C=O) groups is 2. The molecule has 1 aromatic heterocycles. The summed E-state index contributed by atoms with van der Waals surface area (Å²) in [5.41, 5.74) is 2.99. The molecule has 1 N–H and O–H groups in total. The highest BCUT2D eigenvalue weighted by Gasteiger charge is 2.38. The number of para-hydroxylation sites is 1. The first-order chi connectivity index (χ1) is 15.2. The average Bonchev–Trinajstić information content (AvgIpc) is 3.14. The molecule has 6 nitrogen and oxygen atoms in total. The van der Waals surface area contributed by atoms with E-state index in [1.165, 1.54) is 6.42 Å². The van der Waals surface area contributed by atoms with Crippen molar-refractivity contribution in [3.05, 3.63) is 65.4 Å². The Kier molecular flexibility index (Phi) is 5.06. The van der Waals surface area contributed by atoms with Gasteiger partial charge in [-0.1, -0.05) is 43.5 Å². The van der Waals surface area contributed by atoms with Crippen molar-refractivity contribution in [2.24, 2.45) is 0 Å². The monoisotopic (exact) mass is 415 g/mol. The molecule has 0 radical (unpaired) electrons. The molecule has 1 fully saturated rings. The van der Waals surface area contributed by atoms with E-state index in [4.69, 9.17) is 4.74 Å². The summed E-state index contributed by atoms with van der Waals surface area (Å²) < 4.78 is 5.27. The molecule has 2 amide bonds. The van der Waals surface area contributed by atoms with Crippen molar-refractivity contribution in [3.63, 3.8) is 0 Å². The van der Waals surface area contributed by atoms with Crippen LogP contribution in [0.2, 0.25) is 0 Å². The van der Waals surface area contributed by atoms with Crippen LogP contribution in [0.25, 0.3) is 10.9 Å². The predicted octanol–water partition coefficient (Wildman–Crippen LogP) is 4.78. The zero-order valence-corrected chi connectivity index (χ0v) is 17.6. The van der Waals surface area contributed by atoms with Crippen molar-refractivity contribution >= 4 is 28.4 Å². The van der Waals surface area contributed by atoms with Gasteiger partial charge in [0.1, 0.15) is 11.4 Å². The molecule has 2 heterocycles. The summed E-state index contributed by atoms with van der Waals surface area (Å²) >= 11 is 0. The Morgan fingerprint density at radius 1 is 1.10 bits per heavy atom. The maximum absolute atomic E-state index is 13.5. The number of hydrogen-bond acceptors (Lipinski definition) is 4. The molecular formula is C25H25N3O3. The third kappa shape index (κ3) is 3.52. The second-order valence-electron chi connectivity index (χ2n) is 8.24. The van der Waals surface area contributed by atoms with E-state index in [9.17, 15) is 9.59 Å². The Balaban J connectivity index is 1.56. The molecule has 1 saturated carbocycles. The number of benzene rings is 2. The number of methoxy groups -OCH3 is 1. The third-order valence-electron chi connectivity index (χ3n) is 6.36. The number of ether oxygens (including phenoxy) is 1. The van der Waals surface area contributed by atoms with Crippen LogP contribution >= 0.6 is 0 Å². The summed E-state index contributed by atoms with van der Waals surface area (Å²) in [6, 6.07) is 15.0. The summed E-state index contributed by atoms with van der Waals surface area (Å²) in [5, 5.41) is 3.75. The molecule has 0 spiro atoms. The number of aromatic nitrogens is 1.